The van der Waals surface area contributed by atoms with E-state index in [1.807, 2.05) is 18.2 Å². The number of aryl methyl sites for hydroxylation is 1. The molecule has 180 valence electrons. The highest BCUT2D eigenvalue weighted by Crippen LogP contribution is 2.41. The van der Waals surface area contributed by atoms with Crippen molar-refractivity contribution < 1.29 is 24.2 Å². The molecule has 0 radical (unpaired) electrons. The lowest BCUT2D eigenvalue weighted by molar-refractivity contribution is -0.140. The monoisotopic (exact) mass is 537 g/mol. The Labute approximate surface area is 210 Å². The van der Waals surface area contributed by atoms with Gasteiger partial charge in [0.2, 0.25) is 0 Å². The molecular weight excluding hydrogens is 514 g/mol. The molecule has 1 aromatic carbocycles. The van der Waals surface area contributed by atoms with Crippen molar-refractivity contribution in [3.8, 4) is 0 Å². The SMILES string of the molecule is CCOC(=O)c1[nH]c(C)c(/C(O)=C2\C(=O)C(=O)N(Cc3cccnc3)C2c2ccc(Br)cc2)c1C. The summed E-state index contributed by atoms with van der Waals surface area (Å²) < 4.78 is 5.93. The smallest absolute Gasteiger partial charge is 0.355 e. The van der Waals surface area contributed by atoms with Crippen LogP contribution in [0.15, 0.2) is 58.8 Å². The Balaban J connectivity index is 1.89. The molecule has 1 saturated heterocycles. The molecule has 4 rings (SSSR count). The minimum absolute atomic E-state index is 0.0400. The number of likely N-dealkylation sites (tertiary alicyclic amines) is 1. The van der Waals surface area contributed by atoms with Crippen LogP contribution in [0.25, 0.3) is 5.76 Å². The quantitative estimate of drug-likeness (QED) is 0.206. The maximum absolute atomic E-state index is 13.3. The number of ketones is 1. The van der Waals surface area contributed by atoms with Gasteiger partial charge in [0.05, 0.1) is 18.2 Å². The van der Waals surface area contributed by atoms with Gasteiger partial charge in [0, 0.05) is 34.7 Å². The lowest BCUT2D eigenvalue weighted by Crippen LogP contribution is -2.29. The zero-order chi connectivity index (χ0) is 25.3. The number of rotatable bonds is 6. The maximum atomic E-state index is 13.3. The number of halogens is 1. The van der Waals surface area contributed by atoms with Gasteiger partial charge in [-0.3, -0.25) is 14.6 Å². The summed E-state index contributed by atoms with van der Waals surface area (Å²) in [6.07, 6.45) is 3.26. The minimum Gasteiger partial charge on any atom is -0.507 e. The number of carbonyl (C=O) groups is 3. The molecule has 2 N–H and O–H groups in total. The molecule has 35 heavy (non-hydrogen) atoms. The molecule has 1 atom stereocenters. The van der Waals surface area contributed by atoms with E-state index in [0.29, 0.717) is 22.4 Å². The Kier molecular flexibility index (Phi) is 6.88. The van der Waals surface area contributed by atoms with Gasteiger partial charge in [-0.2, -0.15) is 0 Å². The van der Waals surface area contributed by atoms with Crippen LogP contribution in [0.5, 0.6) is 0 Å². The molecule has 0 bridgehead atoms. The van der Waals surface area contributed by atoms with Crippen LogP contribution >= 0.6 is 15.9 Å². The van der Waals surface area contributed by atoms with E-state index < -0.39 is 23.7 Å². The van der Waals surface area contributed by atoms with Crippen molar-refractivity contribution in [2.45, 2.75) is 33.4 Å². The van der Waals surface area contributed by atoms with Crippen molar-refractivity contribution in [2.75, 3.05) is 6.61 Å². The molecule has 3 aromatic rings. The zero-order valence-electron chi connectivity index (χ0n) is 19.5. The number of benzene rings is 1. The number of nitrogens with one attached hydrogen (secondary N) is 1. The van der Waals surface area contributed by atoms with E-state index in [-0.39, 0.29) is 30.2 Å². The van der Waals surface area contributed by atoms with Crippen molar-refractivity contribution in [3.05, 3.63) is 92.5 Å². The third-order valence-electron chi connectivity index (χ3n) is 5.96. The Morgan fingerprint density at radius 3 is 2.54 bits per heavy atom. The summed E-state index contributed by atoms with van der Waals surface area (Å²) in [5.41, 5.74) is 2.78. The first-order valence-electron chi connectivity index (χ1n) is 11.0. The molecule has 1 unspecified atom stereocenters. The second-order valence-electron chi connectivity index (χ2n) is 8.19. The summed E-state index contributed by atoms with van der Waals surface area (Å²) in [5.74, 6) is -2.42. The van der Waals surface area contributed by atoms with Crippen LogP contribution in [0, 0.1) is 13.8 Å². The summed E-state index contributed by atoms with van der Waals surface area (Å²) in [7, 11) is 0. The molecule has 9 heteroatoms. The molecule has 0 spiro atoms. The molecule has 0 saturated carbocycles. The molecule has 1 fully saturated rings. The number of pyridine rings is 1. The van der Waals surface area contributed by atoms with Gasteiger partial charge in [-0.1, -0.05) is 34.1 Å². The molecule has 2 aromatic heterocycles. The largest absolute Gasteiger partial charge is 0.507 e. The van der Waals surface area contributed by atoms with E-state index in [0.717, 1.165) is 10.0 Å². The number of aromatic amines is 1. The highest BCUT2D eigenvalue weighted by atomic mass is 79.9. The summed E-state index contributed by atoms with van der Waals surface area (Å²) in [6, 6.07) is 9.95. The van der Waals surface area contributed by atoms with Crippen LogP contribution in [-0.4, -0.2) is 44.2 Å². The van der Waals surface area contributed by atoms with Crippen molar-refractivity contribution in [2.24, 2.45) is 0 Å². The number of amides is 1. The molecule has 1 aliphatic heterocycles. The van der Waals surface area contributed by atoms with Gasteiger partial charge in [-0.05, 0) is 55.7 Å². The van der Waals surface area contributed by atoms with Crippen LogP contribution in [0.1, 0.15) is 51.4 Å². The van der Waals surface area contributed by atoms with Crippen molar-refractivity contribution >= 4 is 39.3 Å². The van der Waals surface area contributed by atoms with Gasteiger partial charge >= 0.3 is 5.97 Å². The summed E-state index contributed by atoms with van der Waals surface area (Å²) >= 11 is 3.41. The van der Waals surface area contributed by atoms with Crippen molar-refractivity contribution in [1.82, 2.24) is 14.9 Å². The molecule has 8 nitrogen and oxygen atoms in total. The predicted octanol–water partition coefficient (Wildman–Crippen LogP) is 4.59. The van der Waals surface area contributed by atoms with Crippen LogP contribution in [-0.2, 0) is 20.9 Å². The molecule has 0 aliphatic carbocycles. The average Bonchev–Trinajstić information content (AvgIpc) is 3.27. The van der Waals surface area contributed by atoms with E-state index in [1.165, 1.54) is 4.90 Å². The minimum atomic E-state index is -0.831. The molecular formula is C26H24BrN3O5. The van der Waals surface area contributed by atoms with E-state index in [2.05, 4.69) is 25.9 Å². The number of esters is 1. The first-order valence-corrected chi connectivity index (χ1v) is 11.8. The average molecular weight is 538 g/mol. The van der Waals surface area contributed by atoms with Crippen LogP contribution in [0.2, 0.25) is 0 Å². The third-order valence-corrected chi connectivity index (χ3v) is 6.48. The number of nitrogens with zero attached hydrogens (tertiary/aromatic N) is 2. The summed E-state index contributed by atoms with van der Waals surface area (Å²) in [5, 5.41) is 11.5. The Morgan fingerprint density at radius 1 is 1.20 bits per heavy atom. The van der Waals surface area contributed by atoms with Gasteiger partial charge in [-0.25, -0.2) is 4.79 Å². The van der Waals surface area contributed by atoms with Crippen molar-refractivity contribution in [3.63, 3.8) is 0 Å². The number of hydrogen-bond donors (Lipinski definition) is 2. The number of aliphatic hydroxyl groups is 1. The van der Waals surface area contributed by atoms with E-state index in [4.69, 9.17) is 4.74 Å². The van der Waals surface area contributed by atoms with Crippen LogP contribution < -0.4 is 0 Å². The van der Waals surface area contributed by atoms with Crippen LogP contribution in [0.4, 0.5) is 0 Å². The first kappa shape index (κ1) is 24.4. The topological polar surface area (TPSA) is 113 Å². The number of aliphatic hydroxyl groups excluding tert-OH is 1. The lowest BCUT2D eigenvalue weighted by Gasteiger charge is -2.25. The van der Waals surface area contributed by atoms with E-state index in [1.54, 1.807) is 51.4 Å². The van der Waals surface area contributed by atoms with E-state index in [9.17, 15) is 19.5 Å². The predicted molar refractivity (Wildman–Crippen MR) is 132 cm³/mol. The highest BCUT2D eigenvalue weighted by Gasteiger charge is 2.46. The molecule has 3 heterocycles. The third kappa shape index (κ3) is 4.51. The van der Waals surface area contributed by atoms with Gasteiger partial charge in [0.25, 0.3) is 11.7 Å². The number of aromatic nitrogens is 2. The number of hydrogen-bond acceptors (Lipinski definition) is 6. The van der Waals surface area contributed by atoms with Gasteiger partial charge in [0.1, 0.15) is 11.5 Å². The maximum Gasteiger partial charge on any atom is 0.355 e. The van der Waals surface area contributed by atoms with E-state index >= 15 is 0 Å². The Morgan fingerprint density at radius 2 is 1.91 bits per heavy atom. The summed E-state index contributed by atoms with van der Waals surface area (Å²) in [4.78, 5) is 47.3. The number of carbonyl (C=O) groups excluding carboxylic acids is 3. The second kappa shape index (κ2) is 9.87. The number of H-pyrrole nitrogens is 1. The molecule has 1 aliphatic rings. The van der Waals surface area contributed by atoms with Crippen molar-refractivity contribution in [1.29, 1.82) is 0 Å². The van der Waals surface area contributed by atoms with Crippen LogP contribution in [0.3, 0.4) is 0 Å². The van der Waals surface area contributed by atoms with Gasteiger partial charge < -0.3 is 19.7 Å². The molecule has 1 amide bonds. The Bertz CT molecular complexity index is 1330. The fourth-order valence-electron chi connectivity index (χ4n) is 4.37. The van der Waals surface area contributed by atoms with Gasteiger partial charge in [0.15, 0.2) is 0 Å². The number of Topliss-reactive ketones (excluding diaryl/α,β-unsaturated/α-hetero) is 1. The standard InChI is InChI=1S/C26H24BrN3O5/c1-4-35-26(34)21-14(2)19(15(3)29-21)23(31)20-22(17-7-9-18(27)10-8-17)30(25(33)24(20)32)13-16-6-5-11-28-12-16/h5-12,22,29,31H,4,13H2,1-3H3/b23-20+. The normalized spacial score (nSPS) is 17.1. The fraction of sp³-hybridized carbons (Fsp3) is 0.231. The second-order valence-corrected chi connectivity index (χ2v) is 9.10. The fourth-order valence-corrected chi connectivity index (χ4v) is 4.63. The van der Waals surface area contributed by atoms with Gasteiger partial charge in [-0.15, -0.1) is 0 Å². The number of ether oxygens (including phenoxy) is 1. The zero-order valence-corrected chi connectivity index (χ0v) is 21.0. The first-order chi connectivity index (χ1) is 16.7. The lowest BCUT2D eigenvalue weighted by atomic mass is 9.94. The highest BCUT2D eigenvalue weighted by molar-refractivity contribution is 9.10. The Hall–Kier alpha value is -3.72. The summed E-state index contributed by atoms with van der Waals surface area (Å²) in [6.45, 7) is 5.37.